The highest BCUT2D eigenvalue weighted by atomic mass is 16.3. The molecule has 4 heteroatoms. The van der Waals surface area contributed by atoms with Crippen LogP contribution in [0.3, 0.4) is 0 Å². The van der Waals surface area contributed by atoms with Crippen molar-refractivity contribution in [1.29, 1.82) is 0 Å². The first-order chi connectivity index (χ1) is 7.65. The molecule has 0 saturated heterocycles. The van der Waals surface area contributed by atoms with Crippen molar-refractivity contribution in [3.8, 4) is 0 Å². The minimum atomic E-state index is 0.156. The molecule has 0 radical (unpaired) electrons. The third-order valence-electron chi connectivity index (χ3n) is 3.39. The topological polar surface area (TPSA) is 52.6 Å². The summed E-state index contributed by atoms with van der Waals surface area (Å²) in [5.41, 5.74) is 0. The molecular formula is C12H24N2O2. The maximum Gasteiger partial charge on any atom is 0.223 e. The SMILES string of the molecule is CN(C)C(=O)CCNC1CCCCC1CO. The van der Waals surface area contributed by atoms with E-state index in [9.17, 15) is 9.90 Å². The fourth-order valence-electron chi connectivity index (χ4n) is 2.28. The van der Waals surface area contributed by atoms with Gasteiger partial charge in [0.25, 0.3) is 0 Å². The molecule has 0 bridgehead atoms. The summed E-state index contributed by atoms with van der Waals surface area (Å²) in [6.45, 7) is 0.984. The first-order valence-electron chi connectivity index (χ1n) is 6.19. The summed E-state index contributed by atoms with van der Waals surface area (Å²) < 4.78 is 0. The van der Waals surface area contributed by atoms with Gasteiger partial charge in [-0.1, -0.05) is 12.8 Å². The van der Waals surface area contributed by atoms with E-state index in [0.29, 0.717) is 18.4 Å². The molecule has 94 valence electrons. The summed E-state index contributed by atoms with van der Waals surface area (Å²) in [6, 6.07) is 0.397. The van der Waals surface area contributed by atoms with Gasteiger partial charge in [-0.15, -0.1) is 0 Å². The van der Waals surface area contributed by atoms with E-state index >= 15 is 0 Å². The van der Waals surface area contributed by atoms with Gasteiger partial charge in [0.05, 0.1) is 0 Å². The molecule has 1 aliphatic carbocycles. The molecule has 0 spiro atoms. The van der Waals surface area contributed by atoms with Crippen molar-refractivity contribution in [3.63, 3.8) is 0 Å². The van der Waals surface area contributed by atoms with Gasteiger partial charge in [-0.2, -0.15) is 0 Å². The van der Waals surface area contributed by atoms with Crippen LogP contribution in [0.4, 0.5) is 0 Å². The Bertz CT molecular complexity index is 219. The van der Waals surface area contributed by atoms with Crippen molar-refractivity contribution in [2.24, 2.45) is 5.92 Å². The van der Waals surface area contributed by atoms with E-state index in [-0.39, 0.29) is 12.5 Å². The highest BCUT2D eigenvalue weighted by Gasteiger charge is 2.23. The number of nitrogens with zero attached hydrogens (tertiary/aromatic N) is 1. The largest absolute Gasteiger partial charge is 0.396 e. The second-order valence-electron chi connectivity index (χ2n) is 4.83. The highest BCUT2D eigenvalue weighted by Crippen LogP contribution is 2.23. The Kier molecular flexibility index (Phi) is 5.77. The molecule has 2 unspecified atom stereocenters. The Balaban J connectivity index is 2.22. The van der Waals surface area contributed by atoms with Crippen molar-refractivity contribution in [3.05, 3.63) is 0 Å². The van der Waals surface area contributed by atoms with Crippen LogP contribution >= 0.6 is 0 Å². The first-order valence-corrected chi connectivity index (χ1v) is 6.19. The highest BCUT2D eigenvalue weighted by molar-refractivity contribution is 5.75. The molecule has 0 heterocycles. The molecule has 0 aromatic heterocycles. The van der Waals surface area contributed by atoms with E-state index in [1.807, 2.05) is 0 Å². The Hall–Kier alpha value is -0.610. The van der Waals surface area contributed by atoms with Crippen molar-refractivity contribution in [1.82, 2.24) is 10.2 Å². The van der Waals surface area contributed by atoms with Crippen LogP contribution in [0.15, 0.2) is 0 Å². The second-order valence-corrected chi connectivity index (χ2v) is 4.83. The van der Waals surface area contributed by atoms with Crippen LogP contribution in [-0.4, -0.2) is 49.2 Å². The lowest BCUT2D eigenvalue weighted by Gasteiger charge is -2.31. The Labute approximate surface area is 98.0 Å². The molecule has 1 amide bonds. The summed E-state index contributed by atoms with van der Waals surface area (Å²) in [4.78, 5) is 13.0. The van der Waals surface area contributed by atoms with E-state index in [2.05, 4.69) is 5.32 Å². The van der Waals surface area contributed by atoms with Gasteiger partial charge >= 0.3 is 0 Å². The predicted octanol–water partition coefficient (Wildman–Crippen LogP) is 0.605. The summed E-state index contributed by atoms with van der Waals surface area (Å²) in [5.74, 6) is 0.534. The molecule has 1 rings (SSSR count). The van der Waals surface area contributed by atoms with Crippen molar-refractivity contribution in [2.75, 3.05) is 27.2 Å². The first kappa shape index (κ1) is 13.5. The van der Waals surface area contributed by atoms with Crippen LogP contribution in [0.5, 0.6) is 0 Å². The number of hydrogen-bond acceptors (Lipinski definition) is 3. The van der Waals surface area contributed by atoms with E-state index in [0.717, 1.165) is 19.4 Å². The molecule has 0 aromatic carbocycles. The monoisotopic (exact) mass is 228 g/mol. The van der Waals surface area contributed by atoms with Crippen LogP contribution in [0.25, 0.3) is 0 Å². The number of amides is 1. The van der Waals surface area contributed by atoms with Gasteiger partial charge < -0.3 is 15.3 Å². The maximum absolute atomic E-state index is 11.4. The van der Waals surface area contributed by atoms with Crippen LogP contribution < -0.4 is 5.32 Å². The lowest BCUT2D eigenvalue weighted by atomic mass is 9.85. The predicted molar refractivity (Wildman–Crippen MR) is 64.1 cm³/mol. The Morgan fingerprint density at radius 1 is 1.38 bits per heavy atom. The summed E-state index contributed by atoms with van der Waals surface area (Å²) in [5, 5.41) is 12.6. The Morgan fingerprint density at radius 3 is 2.69 bits per heavy atom. The van der Waals surface area contributed by atoms with E-state index in [4.69, 9.17) is 0 Å². The third kappa shape index (κ3) is 4.10. The van der Waals surface area contributed by atoms with Gasteiger partial charge in [-0.05, 0) is 18.8 Å². The van der Waals surface area contributed by atoms with Gasteiger partial charge in [0.2, 0.25) is 5.91 Å². The normalized spacial score (nSPS) is 25.4. The number of carbonyl (C=O) groups is 1. The molecular weight excluding hydrogens is 204 g/mol. The summed E-state index contributed by atoms with van der Waals surface area (Å²) in [7, 11) is 3.55. The summed E-state index contributed by atoms with van der Waals surface area (Å²) >= 11 is 0. The zero-order valence-corrected chi connectivity index (χ0v) is 10.4. The lowest BCUT2D eigenvalue weighted by Crippen LogP contribution is -2.41. The van der Waals surface area contributed by atoms with Crippen LogP contribution in [0.1, 0.15) is 32.1 Å². The van der Waals surface area contributed by atoms with E-state index in [1.165, 1.54) is 12.8 Å². The van der Waals surface area contributed by atoms with Crippen molar-refractivity contribution in [2.45, 2.75) is 38.1 Å². The molecule has 4 nitrogen and oxygen atoms in total. The van der Waals surface area contributed by atoms with Crippen LogP contribution in [0, 0.1) is 5.92 Å². The Morgan fingerprint density at radius 2 is 2.06 bits per heavy atom. The molecule has 0 aliphatic heterocycles. The van der Waals surface area contributed by atoms with Gasteiger partial charge in [0.1, 0.15) is 0 Å². The average Bonchev–Trinajstić information content (AvgIpc) is 2.29. The second kappa shape index (κ2) is 6.86. The molecule has 16 heavy (non-hydrogen) atoms. The quantitative estimate of drug-likeness (QED) is 0.725. The zero-order valence-electron chi connectivity index (χ0n) is 10.4. The maximum atomic E-state index is 11.4. The van der Waals surface area contributed by atoms with Crippen LogP contribution in [-0.2, 0) is 4.79 Å². The third-order valence-corrected chi connectivity index (χ3v) is 3.39. The fourth-order valence-corrected chi connectivity index (χ4v) is 2.28. The van der Waals surface area contributed by atoms with E-state index in [1.54, 1.807) is 19.0 Å². The minimum Gasteiger partial charge on any atom is -0.396 e. The van der Waals surface area contributed by atoms with E-state index < -0.39 is 0 Å². The average molecular weight is 228 g/mol. The van der Waals surface area contributed by atoms with Gasteiger partial charge in [-0.3, -0.25) is 4.79 Å². The van der Waals surface area contributed by atoms with Gasteiger partial charge in [0, 0.05) is 39.7 Å². The van der Waals surface area contributed by atoms with Crippen molar-refractivity contribution >= 4 is 5.91 Å². The van der Waals surface area contributed by atoms with Crippen LogP contribution in [0.2, 0.25) is 0 Å². The number of rotatable bonds is 5. The minimum absolute atomic E-state index is 0.156. The van der Waals surface area contributed by atoms with Crippen molar-refractivity contribution < 1.29 is 9.90 Å². The lowest BCUT2D eigenvalue weighted by molar-refractivity contribution is -0.128. The number of carbonyl (C=O) groups excluding carboxylic acids is 1. The number of aliphatic hydroxyl groups is 1. The standard InChI is InChI=1S/C12H24N2O2/c1-14(2)12(16)7-8-13-11-6-4-3-5-10(11)9-15/h10-11,13,15H,3-9H2,1-2H3. The molecule has 2 atom stereocenters. The zero-order chi connectivity index (χ0) is 12.0. The number of hydrogen-bond donors (Lipinski definition) is 2. The molecule has 1 fully saturated rings. The number of nitrogens with one attached hydrogen (secondary N) is 1. The number of aliphatic hydroxyl groups excluding tert-OH is 1. The smallest absolute Gasteiger partial charge is 0.223 e. The summed E-state index contributed by atoms with van der Waals surface area (Å²) in [6.07, 6.45) is 5.23. The van der Waals surface area contributed by atoms with Gasteiger partial charge in [-0.25, -0.2) is 0 Å². The molecule has 2 N–H and O–H groups in total. The molecule has 1 saturated carbocycles. The molecule has 0 aromatic rings. The fraction of sp³-hybridized carbons (Fsp3) is 0.917. The molecule has 1 aliphatic rings. The van der Waals surface area contributed by atoms with Gasteiger partial charge in [0.15, 0.2) is 0 Å².